The summed E-state index contributed by atoms with van der Waals surface area (Å²) in [5.74, 6) is 1.30. The average molecular weight is 282 g/mol. The van der Waals surface area contributed by atoms with Gasteiger partial charge in [-0.3, -0.25) is 4.21 Å². The van der Waals surface area contributed by atoms with Crippen LogP contribution in [0.5, 0.6) is 0 Å². The molecule has 0 radical (unpaired) electrons. The Hall–Kier alpha value is -1.67. The van der Waals surface area contributed by atoms with Gasteiger partial charge in [-0.2, -0.15) is 0 Å². The van der Waals surface area contributed by atoms with Crippen molar-refractivity contribution in [2.75, 3.05) is 5.75 Å². The number of hydrogen-bond acceptors (Lipinski definition) is 1. The molecule has 20 heavy (non-hydrogen) atoms. The molecular formula is C18H18OS. The largest absolute Gasteiger partial charge is 0.254 e. The summed E-state index contributed by atoms with van der Waals surface area (Å²) in [6.45, 7) is 0. The fourth-order valence-electron chi connectivity index (χ4n) is 2.56. The number of hydrogen-bond donors (Lipinski definition) is 0. The monoisotopic (exact) mass is 282 g/mol. The van der Waals surface area contributed by atoms with Gasteiger partial charge in [-0.1, -0.05) is 60.2 Å². The van der Waals surface area contributed by atoms with Crippen LogP contribution in [0.25, 0.3) is 0 Å². The number of allylic oxidation sites excluding steroid dienone is 1. The molecule has 1 aliphatic rings. The fraction of sp³-hybridized carbons (Fsp3) is 0.222. The average Bonchev–Trinajstić information content (AvgIpc) is 2.47. The summed E-state index contributed by atoms with van der Waals surface area (Å²) in [7, 11) is -0.904. The first-order valence-electron chi connectivity index (χ1n) is 6.99. The van der Waals surface area contributed by atoms with Gasteiger partial charge in [0, 0.05) is 10.6 Å². The van der Waals surface area contributed by atoms with E-state index in [1.807, 2.05) is 30.3 Å². The Kier molecular flexibility index (Phi) is 4.12. The zero-order chi connectivity index (χ0) is 13.8. The molecule has 1 nitrogen and oxygen atoms in total. The van der Waals surface area contributed by atoms with E-state index in [0.717, 1.165) is 17.7 Å². The second-order valence-corrected chi connectivity index (χ2v) is 6.70. The lowest BCUT2D eigenvalue weighted by atomic mass is 9.76. The minimum atomic E-state index is -0.904. The first-order chi connectivity index (χ1) is 9.83. The van der Waals surface area contributed by atoms with Gasteiger partial charge in [-0.15, -0.1) is 0 Å². The van der Waals surface area contributed by atoms with E-state index in [4.69, 9.17) is 0 Å². The maximum atomic E-state index is 12.1. The Morgan fingerprint density at radius 1 is 0.950 bits per heavy atom. The van der Waals surface area contributed by atoms with Crippen molar-refractivity contribution in [3.8, 4) is 0 Å². The van der Waals surface area contributed by atoms with Crippen molar-refractivity contribution in [3.05, 3.63) is 77.9 Å². The van der Waals surface area contributed by atoms with Gasteiger partial charge in [0.25, 0.3) is 0 Å². The van der Waals surface area contributed by atoms with Crippen LogP contribution < -0.4 is 0 Å². The topological polar surface area (TPSA) is 17.1 Å². The summed E-state index contributed by atoms with van der Waals surface area (Å²) in [5, 5.41) is 0. The quantitative estimate of drug-likeness (QED) is 0.764. The molecule has 102 valence electrons. The van der Waals surface area contributed by atoms with Gasteiger partial charge in [0.05, 0.1) is 10.8 Å². The van der Waals surface area contributed by atoms with E-state index in [9.17, 15) is 4.21 Å². The van der Waals surface area contributed by atoms with Crippen LogP contribution in [0.1, 0.15) is 24.3 Å². The Morgan fingerprint density at radius 3 is 2.20 bits per heavy atom. The lowest BCUT2D eigenvalue weighted by Crippen LogP contribution is -2.13. The summed E-state index contributed by atoms with van der Waals surface area (Å²) in [5.41, 5.74) is 2.87. The molecule has 1 unspecified atom stereocenters. The highest BCUT2D eigenvalue weighted by atomic mass is 32.2. The van der Waals surface area contributed by atoms with Crippen molar-refractivity contribution in [1.29, 1.82) is 0 Å². The highest BCUT2D eigenvalue weighted by Crippen LogP contribution is 2.40. The van der Waals surface area contributed by atoms with Gasteiger partial charge < -0.3 is 0 Å². The summed E-state index contributed by atoms with van der Waals surface area (Å²) < 4.78 is 12.1. The Balaban J connectivity index is 1.54. The Morgan fingerprint density at radius 2 is 1.55 bits per heavy atom. The minimum absolute atomic E-state index is 0.640. The molecule has 0 aromatic heterocycles. The third-order valence-electron chi connectivity index (χ3n) is 3.82. The molecule has 0 bridgehead atoms. The maximum absolute atomic E-state index is 12.1. The van der Waals surface area contributed by atoms with Gasteiger partial charge in [-0.25, -0.2) is 0 Å². The fourth-order valence-corrected chi connectivity index (χ4v) is 3.60. The first-order valence-corrected chi connectivity index (χ1v) is 8.31. The van der Waals surface area contributed by atoms with Crippen molar-refractivity contribution in [2.24, 2.45) is 0 Å². The van der Waals surface area contributed by atoms with Gasteiger partial charge in [-0.05, 0) is 36.5 Å². The van der Waals surface area contributed by atoms with Crippen LogP contribution in [0, 0.1) is 0 Å². The third kappa shape index (κ3) is 3.07. The smallest absolute Gasteiger partial charge is 0.0568 e. The van der Waals surface area contributed by atoms with E-state index >= 15 is 0 Å². The molecule has 1 fully saturated rings. The Labute approximate surface area is 122 Å². The molecule has 1 aliphatic carbocycles. The van der Waals surface area contributed by atoms with Crippen LogP contribution in [0.2, 0.25) is 0 Å². The van der Waals surface area contributed by atoms with E-state index in [1.165, 1.54) is 11.1 Å². The molecule has 1 atom stereocenters. The number of benzene rings is 2. The standard InChI is InChI=1S/C18H18OS/c19-20(18-9-5-2-6-10-18)12-11-15-13-17(14-15)16-7-3-1-4-8-16/h1-11,17H,12-14H2. The van der Waals surface area contributed by atoms with Crippen LogP contribution in [-0.4, -0.2) is 9.96 Å². The van der Waals surface area contributed by atoms with Gasteiger partial charge in [0.1, 0.15) is 0 Å². The minimum Gasteiger partial charge on any atom is -0.254 e. The summed E-state index contributed by atoms with van der Waals surface area (Å²) in [6, 6.07) is 20.3. The lowest BCUT2D eigenvalue weighted by molar-refractivity contribution is 0.548. The predicted octanol–water partition coefficient (Wildman–Crippen LogP) is 4.30. The molecule has 0 N–H and O–H groups in total. The molecule has 1 saturated carbocycles. The van der Waals surface area contributed by atoms with E-state index in [0.29, 0.717) is 11.7 Å². The molecular weight excluding hydrogens is 264 g/mol. The second-order valence-electron chi connectivity index (χ2n) is 5.20. The molecule has 0 saturated heterocycles. The first kappa shape index (κ1) is 13.3. The van der Waals surface area contributed by atoms with Crippen LogP contribution in [0.15, 0.2) is 77.2 Å². The zero-order valence-corrected chi connectivity index (χ0v) is 12.2. The van der Waals surface area contributed by atoms with E-state index in [1.54, 1.807) is 0 Å². The Bertz CT molecular complexity index is 608. The van der Waals surface area contributed by atoms with Crippen molar-refractivity contribution in [3.63, 3.8) is 0 Å². The zero-order valence-electron chi connectivity index (χ0n) is 11.4. The molecule has 3 rings (SSSR count). The van der Waals surface area contributed by atoms with E-state index < -0.39 is 10.8 Å². The predicted molar refractivity (Wildman–Crippen MR) is 84.2 cm³/mol. The molecule has 0 spiro atoms. The second kappa shape index (κ2) is 6.19. The summed E-state index contributed by atoms with van der Waals surface area (Å²) in [4.78, 5) is 0.920. The lowest BCUT2D eigenvalue weighted by Gasteiger charge is -2.29. The molecule has 0 heterocycles. The van der Waals surface area contributed by atoms with Crippen LogP contribution in [0.3, 0.4) is 0 Å². The van der Waals surface area contributed by atoms with Crippen LogP contribution in [0.4, 0.5) is 0 Å². The molecule has 2 aromatic rings. The van der Waals surface area contributed by atoms with Crippen molar-refractivity contribution in [1.82, 2.24) is 0 Å². The van der Waals surface area contributed by atoms with Gasteiger partial charge in [0.15, 0.2) is 0 Å². The van der Waals surface area contributed by atoms with E-state index in [-0.39, 0.29) is 0 Å². The normalized spacial score (nSPS) is 19.2. The highest BCUT2D eigenvalue weighted by molar-refractivity contribution is 7.85. The van der Waals surface area contributed by atoms with Crippen molar-refractivity contribution >= 4 is 10.8 Å². The molecule has 2 aromatic carbocycles. The third-order valence-corrected chi connectivity index (χ3v) is 5.08. The van der Waals surface area contributed by atoms with Gasteiger partial charge >= 0.3 is 0 Å². The van der Waals surface area contributed by atoms with E-state index in [2.05, 4.69) is 36.4 Å². The molecule has 0 aliphatic heterocycles. The summed E-state index contributed by atoms with van der Waals surface area (Å²) in [6.07, 6.45) is 4.41. The van der Waals surface area contributed by atoms with Crippen molar-refractivity contribution < 1.29 is 4.21 Å². The van der Waals surface area contributed by atoms with Crippen LogP contribution in [-0.2, 0) is 10.8 Å². The maximum Gasteiger partial charge on any atom is 0.0568 e. The molecule has 0 amide bonds. The molecule has 2 heteroatoms. The summed E-state index contributed by atoms with van der Waals surface area (Å²) >= 11 is 0. The SMILES string of the molecule is O=S(CC=C1CC(c2ccccc2)C1)c1ccccc1. The van der Waals surface area contributed by atoms with Crippen LogP contribution >= 0.6 is 0 Å². The number of rotatable bonds is 4. The highest BCUT2D eigenvalue weighted by Gasteiger charge is 2.24. The van der Waals surface area contributed by atoms with Crippen molar-refractivity contribution in [2.45, 2.75) is 23.7 Å². The van der Waals surface area contributed by atoms with Gasteiger partial charge in [0.2, 0.25) is 0 Å².